The van der Waals surface area contributed by atoms with E-state index in [0.29, 0.717) is 5.41 Å². The summed E-state index contributed by atoms with van der Waals surface area (Å²) in [4.78, 5) is 5.41. The van der Waals surface area contributed by atoms with E-state index >= 15 is 0 Å². The Morgan fingerprint density at radius 1 is 0.661 bits per heavy atom. The van der Waals surface area contributed by atoms with E-state index in [-0.39, 0.29) is 11.8 Å². The van der Waals surface area contributed by atoms with Gasteiger partial charge >= 0.3 is 0 Å². The fourth-order valence-corrected chi connectivity index (χ4v) is 9.31. The Labute approximate surface area is 331 Å². The Balaban J connectivity index is 1.19. The molecule has 3 nitrogen and oxygen atoms in total. The highest BCUT2D eigenvalue weighted by Crippen LogP contribution is 2.45. The third-order valence-electron chi connectivity index (χ3n) is 12.6. The van der Waals surface area contributed by atoms with Crippen LogP contribution < -0.4 is 0 Å². The number of aromatic nitrogens is 2. The number of imidazole rings is 1. The lowest BCUT2D eigenvalue weighted by atomic mass is 9.71. The molecular formula is C53H50N2O. The summed E-state index contributed by atoms with van der Waals surface area (Å²) in [7, 11) is 0. The second kappa shape index (κ2) is 13.2. The average molecular weight is 732 g/mol. The largest absolute Gasteiger partial charge is 0.455 e. The van der Waals surface area contributed by atoms with Crippen molar-refractivity contribution in [3.8, 4) is 28.2 Å². The molecule has 0 atom stereocenters. The van der Waals surface area contributed by atoms with E-state index in [0.717, 1.165) is 81.0 Å². The second-order valence-corrected chi connectivity index (χ2v) is 17.6. The SMILES string of the molecule is [2H]C1(c2ccc3ccc4cc5c(cc4c3c2)oc2c(-c3nc4ccccc4n3-c3c(C(C)C)cc(-c4ccccc4)cc3C(C)C)cccc25)CCC(C)(C)CC1. The van der Waals surface area contributed by atoms with E-state index in [2.05, 4.69) is 174 Å². The normalized spacial score (nSPS) is 15.9. The number of hydrogen-bond acceptors (Lipinski definition) is 2. The molecule has 56 heavy (non-hydrogen) atoms. The Morgan fingerprint density at radius 3 is 2.09 bits per heavy atom. The van der Waals surface area contributed by atoms with Crippen molar-refractivity contribution in [2.45, 2.75) is 85.0 Å². The summed E-state index contributed by atoms with van der Waals surface area (Å²) < 4.78 is 19.0. The maximum absolute atomic E-state index is 9.55. The zero-order valence-corrected chi connectivity index (χ0v) is 33.4. The van der Waals surface area contributed by atoms with Crippen molar-refractivity contribution in [1.82, 2.24) is 9.55 Å². The molecule has 278 valence electrons. The van der Waals surface area contributed by atoms with Gasteiger partial charge in [0.15, 0.2) is 0 Å². The smallest absolute Gasteiger partial charge is 0.149 e. The summed E-state index contributed by atoms with van der Waals surface area (Å²) in [5.74, 6) is 0.875. The Morgan fingerprint density at radius 2 is 1.34 bits per heavy atom. The number of para-hydroxylation sites is 3. The van der Waals surface area contributed by atoms with E-state index in [9.17, 15) is 1.37 Å². The minimum absolute atomic E-state index is 0.273. The molecule has 0 bridgehead atoms. The zero-order chi connectivity index (χ0) is 39.2. The number of benzene rings is 7. The first-order valence-corrected chi connectivity index (χ1v) is 20.5. The lowest BCUT2D eigenvalue weighted by molar-refractivity contribution is 0.224. The molecule has 10 rings (SSSR count). The topological polar surface area (TPSA) is 31.0 Å². The van der Waals surface area contributed by atoms with Crippen LogP contribution in [0.15, 0.2) is 132 Å². The van der Waals surface area contributed by atoms with E-state index in [1.807, 2.05) is 0 Å². The highest BCUT2D eigenvalue weighted by Gasteiger charge is 2.28. The van der Waals surface area contributed by atoms with Gasteiger partial charge < -0.3 is 4.42 Å². The predicted octanol–water partition coefficient (Wildman–Crippen LogP) is 15.5. The maximum atomic E-state index is 9.55. The summed E-state index contributed by atoms with van der Waals surface area (Å²) in [6.07, 6.45) is 3.95. The van der Waals surface area contributed by atoms with Gasteiger partial charge in [0.2, 0.25) is 0 Å². The predicted molar refractivity (Wildman–Crippen MR) is 237 cm³/mol. The quantitative estimate of drug-likeness (QED) is 0.159. The van der Waals surface area contributed by atoms with Gasteiger partial charge in [0.05, 0.1) is 22.3 Å². The van der Waals surface area contributed by atoms with E-state index < -0.39 is 5.89 Å². The van der Waals surface area contributed by atoms with Crippen LogP contribution in [-0.2, 0) is 0 Å². The van der Waals surface area contributed by atoms with Gasteiger partial charge in [0.25, 0.3) is 0 Å². The van der Waals surface area contributed by atoms with Crippen molar-refractivity contribution < 1.29 is 5.79 Å². The second-order valence-electron chi connectivity index (χ2n) is 17.6. The minimum Gasteiger partial charge on any atom is -0.455 e. The molecule has 1 aliphatic rings. The third-order valence-corrected chi connectivity index (χ3v) is 12.6. The van der Waals surface area contributed by atoms with Crippen molar-refractivity contribution in [3.63, 3.8) is 0 Å². The number of hydrogen-bond donors (Lipinski definition) is 0. The first-order chi connectivity index (χ1) is 27.5. The molecule has 3 heteroatoms. The maximum Gasteiger partial charge on any atom is 0.149 e. The van der Waals surface area contributed by atoms with Crippen molar-refractivity contribution in [2.75, 3.05) is 0 Å². The summed E-state index contributed by atoms with van der Waals surface area (Å²) in [6.45, 7) is 13.9. The molecule has 0 spiro atoms. The number of furan rings is 1. The van der Waals surface area contributed by atoms with E-state index in [1.54, 1.807) is 0 Å². The molecule has 0 amide bonds. The Kier molecular flexibility index (Phi) is 7.95. The lowest BCUT2D eigenvalue weighted by Crippen LogP contribution is -2.20. The molecular weight excluding hydrogens is 681 g/mol. The van der Waals surface area contributed by atoms with Crippen molar-refractivity contribution >= 4 is 54.5 Å². The molecule has 9 aromatic rings. The van der Waals surface area contributed by atoms with Crippen LogP contribution in [0.1, 0.15) is 103 Å². The van der Waals surface area contributed by atoms with Gasteiger partial charge in [-0.2, -0.15) is 0 Å². The Bertz CT molecular complexity index is 2980. The first-order valence-electron chi connectivity index (χ1n) is 21.0. The van der Waals surface area contributed by atoms with Crippen LogP contribution in [0.5, 0.6) is 0 Å². The van der Waals surface area contributed by atoms with Crippen molar-refractivity contribution in [3.05, 3.63) is 144 Å². The molecule has 0 unspecified atom stereocenters. The summed E-state index contributed by atoms with van der Waals surface area (Å²) in [5, 5.41) is 6.90. The number of rotatable bonds is 6. The van der Waals surface area contributed by atoms with Gasteiger partial charge in [-0.05, 0) is 141 Å². The lowest BCUT2D eigenvalue weighted by Gasteiger charge is -2.34. The van der Waals surface area contributed by atoms with Gasteiger partial charge in [-0.25, -0.2) is 4.98 Å². The molecule has 0 radical (unpaired) electrons. The van der Waals surface area contributed by atoms with Crippen LogP contribution in [0.3, 0.4) is 0 Å². The van der Waals surface area contributed by atoms with Crippen LogP contribution >= 0.6 is 0 Å². The van der Waals surface area contributed by atoms with Crippen molar-refractivity contribution in [1.29, 1.82) is 0 Å². The van der Waals surface area contributed by atoms with Gasteiger partial charge in [0, 0.05) is 12.1 Å². The van der Waals surface area contributed by atoms with Gasteiger partial charge in [-0.1, -0.05) is 126 Å². The molecule has 2 aromatic heterocycles. The molecule has 0 saturated heterocycles. The summed E-state index contributed by atoms with van der Waals surface area (Å²) >= 11 is 0. The van der Waals surface area contributed by atoms with Crippen LogP contribution in [0.25, 0.3) is 82.7 Å². The molecule has 0 aliphatic heterocycles. The zero-order valence-electron chi connectivity index (χ0n) is 34.4. The average Bonchev–Trinajstić information content (AvgIpc) is 3.79. The summed E-state index contributed by atoms with van der Waals surface area (Å²) in [6, 6.07) is 46.3. The first kappa shape index (κ1) is 33.6. The van der Waals surface area contributed by atoms with Gasteiger partial charge in [-0.3, -0.25) is 4.57 Å². The molecule has 2 heterocycles. The number of fused-ring (bicyclic) bond motifs is 7. The molecule has 7 aromatic carbocycles. The molecule has 0 N–H and O–H groups in total. The standard InChI is InChI=1S/C53H50N2O/c1-32(2)42-29-39(34-13-8-7-9-14-34)30-43(33(3)4)50(42)55-48-18-11-10-17-47(48)54-52(55)41-16-12-15-40-46-28-38-22-20-36-19-21-37(35-23-25-53(5,6)26-24-35)27-44(36)45(38)31-49(46)56-51(40)41/h7-22,27-33,35H,23-26H2,1-6H3/i35D. The monoisotopic (exact) mass is 731 g/mol. The third kappa shape index (κ3) is 5.74. The van der Waals surface area contributed by atoms with Crippen molar-refractivity contribution in [2.24, 2.45) is 5.41 Å². The molecule has 1 fully saturated rings. The van der Waals surface area contributed by atoms with Crippen LogP contribution in [0.4, 0.5) is 0 Å². The highest BCUT2D eigenvalue weighted by atomic mass is 16.3. The van der Waals surface area contributed by atoms with Crippen LogP contribution in [0.2, 0.25) is 0 Å². The van der Waals surface area contributed by atoms with E-state index in [1.165, 1.54) is 44.1 Å². The fourth-order valence-electron chi connectivity index (χ4n) is 9.31. The fraction of sp³-hybridized carbons (Fsp3) is 0.264. The minimum atomic E-state index is -0.553. The van der Waals surface area contributed by atoms with Crippen LogP contribution in [0, 0.1) is 5.41 Å². The Hall–Kier alpha value is -5.67. The highest BCUT2D eigenvalue weighted by molar-refractivity contribution is 6.17. The van der Waals surface area contributed by atoms with Gasteiger partial charge in [-0.15, -0.1) is 0 Å². The van der Waals surface area contributed by atoms with Gasteiger partial charge in [0.1, 0.15) is 17.0 Å². The van der Waals surface area contributed by atoms with E-state index in [4.69, 9.17) is 9.40 Å². The van der Waals surface area contributed by atoms with Crippen LogP contribution in [-0.4, -0.2) is 9.55 Å². The number of nitrogens with zero attached hydrogens (tertiary/aromatic N) is 2. The molecule has 1 saturated carbocycles. The summed E-state index contributed by atoms with van der Waals surface area (Å²) in [5.41, 5.74) is 12.4. The molecule has 1 aliphatic carbocycles.